The maximum Gasteiger partial charge on any atom is 0.0701 e. The first-order chi connectivity index (χ1) is 8.15. The van der Waals surface area contributed by atoms with Gasteiger partial charge in [-0.1, -0.05) is 6.07 Å². The number of hydrogen-bond acceptors (Lipinski definition) is 3. The van der Waals surface area contributed by atoms with Crippen LogP contribution < -0.4 is 5.32 Å². The molecule has 1 N–H and O–H groups in total. The van der Waals surface area contributed by atoms with Gasteiger partial charge in [0, 0.05) is 21.8 Å². The molecule has 0 aliphatic carbocycles. The number of nitrogens with one attached hydrogen (secondary N) is 1. The Morgan fingerprint density at radius 1 is 1.29 bits per heavy atom. The van der Waals surface area contributed by atoms with E-state index in [1.165, 1.54) is 13.5 Å². The van der Waals surface area contributed by atoms with E-state index in [9.17, 15) is 0 Å². The zero-order valence-corrected chi connectivity index (χ0v) is 13.2. The third kappa shape index (κ3) is 3.91. The molecule has 0 saturated heterocycles. The highest BCUT2D eigenvalue weighted by Gasteiger charge is 2.12. The van der Waals surface area contributed by atoms with E-state index in [0.29, 0.717) is 12.1 Å². The number of halogens is 1. The van der Waals surface area contributed by atoms with Crippen LogP contribution in [0.5, 0.6) is 0 Å². The Labute approximate surface area is 119 Å². The van der Waals surface area contributed by atoms with Crippen molar-refractivity contribution in [2.75, 3.05) is 0 Å². The first-order valence-electron chi connectivity index (χ1n) is 5.69. The van der Waals surface area contributed by atoms with Crippen molar-refractivity contribution < 1.29 is 0 Å². The lowest BCUT2D eigenvalue weighted by Crippen LogP contribution is -2.30. The third-order valence-electron chi connectivity index (χ3n) is 2.64. The zero-order chi connectivity index (χ0) is 12.3. The van der Waals surface area contributed by atoms with Gasteiger partial charge in [-0.15, -0.1) is 22.7 Å². The molecule has 0 aromatic carbocycles. The Morgan fingerprint density at radius 3 is 2.71 bits per heavy atom. The molecule has 0 aliphatic heterocycles. The molecule has 0 radical (unpaired) electrons. The van der Waals surface area contributed by atoms with E-state index in [1.54, 1.807) is 11.3 Å². The average molecular weight is 330 g/mol. The maximum atomic E-state index is 3.64. The van der Waals surface area contributed by atoms with Crippen LogP contribution in [0, 0.1) is 0 Å². The van der Waals surface area contributed by atoms with Crippen molar-refractivity contribution in [2.45, 2.75) is 32.4 Å². The Bertz CT molecular complexity index is 450. The highest BCUT2D eigenvalue weighted by Crippen LogP contribution is 2.27. The lowest BCUT2D eigenvalue weighted by molar-refractivity contribution is 0.484. The van der Waals surface area contributed by atoms with Crippen molar-refractivity contribution in [1.29, 1.82) is 0 Å². The number of hydrogen-bond donors (Lipinski definition) is 1. The minimum atomic E-state index is 0.418. The molecule has 0 amide bonds. The minimum absolute atomic E-state index is 0.418. The second-order valence-electron chi connectivity index (χ2n) is 4.21. The van der Waals surface area contributed by atoms with Crippen LogP contribution in [0.15, 0.2) is 33.4 Å². The van der Waals surface area contributed by atoms with E-state index in [0.717, 1.165) is 6.42 Å². The second kappa shape index (κ2) is 6.14. The van der Waals surface area contributed by atoms with Crippen molar-refractivity contribution in [3.8, 4) is 0 Å². The van der Waals surface area contributed by atoms with Gasteiger partial charge >= 0.3 is 0 Å². The van der Waals surface area contributed by atoms with Gasteiger partial charge in [0.25, 0.3) is 0 Å². The molecule has 1 nitrogen and oxygen atoms in total. The average Bonchev–Trinajstić information content (AvgIpc) is 2.89. The largest absolute Gasteiger partial charge is 0.307 e. The van der Waals surface area contributed by atoms with E-state index in [-0.39, 0.29) is 0 Å². The van der Waals surface area contributed by atoms with Crippen molar-refractivity contribution in [3.05, 3.63) is 43.2 Å². The molecule has 0 aliphatic rings. The predicted molar refractivity (Wildman–Crippen MR) is 81.1 cm³/mol. The first-order valence-corrected chi connectivity index (χ1v) is 8.17. The number of thiophene rings is 2. The van der Waals surface area contributed by atoms with Gasteiger partial charge in [-0.3, -0.25) is 0 Å². The van der Waals surface area contributed by atoms with E-state index < -0.39 is 0 Å². The summed E-state index contributed by atoms with van der Waals surface area (Å²) < 4.78 is 1.20. The van der Waals surface area contributed by atoms with Crippen LogP contribution in [0.3, 0.4) is 0 Å². The molecular formula is C13H16BrNS2. The van der Waals surface area contributed by atoms with Gasteiger partial charge in [-0.25, -0.2) is 0 Å². The Balaban J connectivity index is 1.88. The van der Waals surface area contributed by atoms with Gasteiger partial charge in [0.15, 0.2) is 0 Å². The molecule has 4 heteroatoms. The fourth-order valence-corrected chi connectivity index (χ4v) is 4.13. The standard InChI is InChI=1S/C13H16BrNS2/c1-9(8-11-4-3-7-16-11)15-10(2)12-5-6-13(14)17-12/h3-7,9-10,15H,8H2,1-2H3. The normalized spacial score (nSPS) is 14.8. The summed E-state index contributed by atoms with van der Waals surface area (Å²) in [6, 6.07) is 9.54. The summed E-state index contributed by atoms with van der Waals surface area (Å²) in [5.41, 5.74) is 0. The van der Waals surface area contributed by atoms with Gasteiger partial charge in [0.2, 0.25) is 0 Å². The van der Waals surface area contributed by atoms with Crippen LogP contribution in [0.1, 0.15) is 29.6 Å². The molecule has 0 spiro atoms. The molecule has 0 bridgehead atoms. The topological polar surface area (TPSA) is 12.0 Å². The van der Waals surface area contributed by atoms with E-state index in [1.807, 2.05) is 11.3 Å². The Morgan fingerprint density at radius 2 is 2.12 bits per heavy atom. The number of rotatable bonds is 5. The summed E-state index contributed by atoms with van der Waals surface area (Å²) in [4.78, 5) is 2.83. The minimum Gasteiger partial charge on any atom is -0.307 e. The molecule has 2 aromatic rings. The van der Waals surface area contributed by atoms with Crippen molar-refractivity contribution >= 4 is 38.6 Å². The highest BCUT2D eigenvalue weighted by atomic mass is 79.9. The highest BCUT2D eigenvalue weighted by molar-refractivity contribution is 9.11. The van der Waals surface area contributed by atoms with E-state index in [2.05, 4.69) is 64.7 Å². The summed E-state index contributed by atoms with van der Waals surface area (Å²) in [5, 5.41) is 5.78. The van der Waals surface area contributed by atoms with Gasteiger partial charge in [-0.2, -0.15) is 0 Å². The van der Waals surface area contributed by atoms with Crippen LogP contribution in [0.25, 0.3) is 0 Å². The molecule has 2 aromatic heterocycles. The lowest BCUT2D eigenvalue weighted by atomic mass is 10.1. The zero-order valence-electron chi connectivity index (χ0n) is 9.94. The molecule has 2 rings (SSSR count). The van der Waals surface area contributed by atoms with Crippen molar-refractivity contribution in [3.63, 3.8) is 0 Å². The monoisotopic (exact) mass is 329 g/mol. The Hall–Kier alpha value is -0.160. The molecular weight excluding hydrogens is 314 g/mol. The van der Waals surface area contributed by atoms with Gasteiger partial charge in [0.05, 0.1) is 3.79 Å². The van der Waals surface area contributed by atoms with Crippen LogP contribution in [0.4, 0.5) is 0 Å². The summed E-state index contributed by atoms with van der Waals surface area (Å²) in [5.74, 6) is 0. The summed E-state index contributed by atoms with van der Waals surface area (Å²) in [6.07, 6.45) is 1.11. The predicted octanol–water partition coefficient (Wildman–Crippen LogP) is 4.85. The van der Waals surface area contributed by atoms with Gasteiger partial charge < -0.3 is 5.32 Å². The van der Waals surface area contributed by atoms with Gasteiger partial charge in [-0.05, 0) is 59.8 Å². The van der Waals surface area contributed by atoms with Crippen LogP contribution >= 0.6 is 38.6 Å². The molecule has 92 valence electrons. The third-order valence-corrected chi connectivity index (χ3v) is 5.35. The van der Waals surface area contributed by atoms with Crippen LogP contribution in [-0.2, 0) is 6.42 Å². The van der Waals surface area contributed by atoms with Crippen LogP contribution in [-0.4, -0.2) is 6.04 Å². The molecule has 17 heavy (non-hydrogen) atoms. The smallest absolute Gasteiger partial charge is 0.0701 e. The molecule has 0 saturated carbocycles. The summed E-state index contributed by atoms with van der Waals surface area (Å²) >= 11 is 7.14. The first kappa shape index (κ1) is 13.3. The molecule has 2 atom stereocenters. The van der Waals surface area contributed by atoms with Gasteiger partial charge in [0.1, 0.15) is 0 Å². The SMILES string of the molecule is CC(Cc1cccs1)NC(C)c1ccc(Br)s1. The summed E-state index contributed by atoms with van der Waals surface area (Å²) in [7, 11) is 0. The fourth-order valence-electron chi connectivity index (χ4n) is 1.86. The Kier molecular flexibility index (Phi) is 4.79. The quantitative estimate of drug-likeness (QED) is 0.826. The molecule has 2 heterocycles. The molecule has 0 fully saturated rings. The molecule has 2 unspecified atom stereocenters. The fraction of sp³-hybridized carbons (Fsp3) is 0.385. The van der Waals surface area contributed by atoms with Crippen molar-refractivity contribution in [1.82, 2.24) is 5.32 Å². The maximum absolute atomic E-state index is 3.64. The second-order valence-corrected chi connectivity index (χ2v) is 7.74. The van der Waals surface area contributed by atoms with E-state index >= 15 is 0 Å². The lowest BCUT2D eigenvalue weighted by Gasteiger charge is -2.18. The summed E-state index contributed by atoms with van der Waals surface area (Å²) in [6.45, 7) is 4.47. The van der Waals surface area contributed by atoms with Crippen molar-refractivity contribution in [2.24, 2.45) is 0 Å². The van der Waals surface area contributed by atoms with E-state index in [4.69, 9.17) is 0 Å². The van der Waals surface area contributed by atoms with Crippen LogP contribution in [0.2, 0.25) is 0 Å².